The molecule has 0 fully saturated rings. The van der Waals surface area contributed by atoms with Gasteiger partial charge < -0.3 is 9.13 Å². The Morgan fingerprint density at radius 1 is 0.558 bits per heavy atom. The molecule has 198 valence electrons. The number of nitriles is 1. The maximum absolute atomic E-state index is 10.6. The second kappa shape index (κ2) is 8.81. The fourth-order valence-corrected chi connectivity index (χ4v) is 8.05. The van der Waals surface area contributed by atoms with Crippen LogP contribution < -0.4 is 0 Å². The van der Waals surface area contributed by atoms with Crippen LogP contribution in [0.1, 0.15) is 5.56 Å². The third-order valence-electron chi connectivity index (χ3n) is 8.56. The normalized spacial score (nSPS) is 11.7. The van der Waals surface area contributed by atoms with Crippen molar-refractivity contribution in [1.29, 1.82) is 5.26 Å². The number of fused-ring (bicyclic) bond motifs is 9. The summed E-state index contributed by atoms with van der Waals surface area (Å²) >= 11 is 1.55. The number of para-hydroxylation sites is 3. The van der Waals surface area contributed by atoms with Gasteiger partial charge in [-0.1, -0.05) is 78.9 Å². The summed E-state index contributed by atoms with van der Waals surface area (Å²) in [5, 5.41) is 17.0. The highest BCUT2D eigenvalue weighted by molar-refractivity contribution is 7.26. The van der Waals surface area contributed by atoms with E-state index >= 15 is 0 Å². The molecule has 5 heteroatoms. The average Bonchev–Trinajstić information content (AvgIpc) is 3.71. The van der Waals surface area contributed by atoms with Gasteiger partial charge in [0.05, 0.1) is 38.9 Å². The fraction of sp³-hybridized carbons (Fsp3) is 0. The van der Waals surface area contributed by atoms with E-state index < -0.39 is 0 Å². The predicted molar refractivity (Wildman–Crippen MR) is 179 cm³/mol. The van der Waals surface area contributed by atoms with Crippen LogP contribution in [0.15, 0.2) is 121 Å². The first-order valence-corrected chi connectivity index (χ1v) is 14.9. The Hall–Kier alpha value is -5.88. The van der Waals surface area contributed by atoms with E-state index in [1.807, 2.05) is 18.2 Å². The molecule has 4 nitrogen and oxygen atoms in total. The van der Waals surface area contributed by atoms with Crippen LogP contribution in [0, 0.1) is 17.9 Å². The number of benzene rings is 6. The van der Waals surface area contributed by atoms with Gasteiger partial charge in [-0.05, 0) is 47.9 Å². The topological polar surface area (TPSA) is 38.0 Å². The zero-order valence-electron chi connectivity index (χ0n) is 22.7. The van der Waals surface area contributed by atoms with Gasteiger partial charge in [-0.3, -0.25) is 0 Å². The van der Waals surface area contributed by atoms with E-state index in [1.165, 1.54) is 10.8 Å². The van der Waals surface area contributed by atoms with Crippen molar-refractivity contribution in [1.82, 2.24) is 9.13 Å². The molecule has 0 aliphatic heterocycles. The van der Waals surface area contributed by atoms with Crippen LogP contribution in [-0.2, 0) is 0 Å². The molecule has 0 radical (unpaired) electrons. The minimum Gasteiger partial charge on any atom is -0.309 e. The van der Waals surface area contributed by atoms with Crippen LogP contribution >= 0.6 is 11.3 Å². The van der Waals surface area contributed by atoms with E-state index in [0.717, 1.165) is 64.4 Å². The van der Waals surface area contributed by atoms with Crippen LogP contribution in [0.3, 0.4) is 0 Å². The number of nitrogens with zero attached hydrogens (tertiary/aromatic N) is 4. The Bertz CT molecular complexity index is 2650. The number of hydrogen-bond donors (Lipinski definition) is 0. The van der Waals surface area contributed by atoms with Gasteiger partial charge in [0.2, 0.25) is 5.69 Å². The Morgan fingerprint density at radius 3 is 1.77 bits per heavy atom. The van der Waals surface area contributed by atoms with Crippen molar-refractivity contribution in [3.05, 3.63) is 138 Å². The van der Waals surface area contributed by atoms with Gasteiger partial charge in [0.25, 0.3) is 0 Å². The Balaban J connectivity index is 1.40. The third kappa shape index (κ3) is 3.17. The Morgan fingerprint density at radius 2 is 1.12 bits per heavy atom. The van der Waals surface area contributed by atoms with Gasteiger partial charge >= 0.3 is 0 Å². The van der Waals surface area contributed by atoms with Crippen molar-refractivity contribution in [2.75, 3.05) is 0 Å². The third-order valence-corrected chi connectivity index (χ3v) is 9.82. The monoisotopic (exact) mass is 564 g/mol. The zero-order valence-corrected chi connectivity index (χ0v) is 23.6. The number of rotatable bonds is 2. The first-order valence-electron chi connectivity index (χ1n) is 14.0. The van der Waals surface area contributed by atoms with Crippen molar-refractivity contribution in [3.63, 3.8) is 0 Å². The standard InChI is InChI=1S/C38H20N4S/c1-40-31-16-9-15-27-29-21-35-36(30(22-39)37(29)43-38(27)31)28-14-4-7-19-34(28)42(35)24-11-8-10-23(20-24)41-32-17-5-2-12-25(32)26-13-3-6-18-33(26)41/h2-21H. The molecule has 9 aromatic rings. The van der Waals surface area contributed by atoms with Crippen LogP contribution in [0.5, 0.6) is 0 Å². The fourth-order valence-electron chi connectivity index (χ4n) is 6.81. The molecule has 9 rings (SSSR count). The van der Waals surface area contributed by atoms with E-state index in [-0.39, 0.29) is 0 Å². The Labute approximate surface area is 250 Å². The summed E-state index contributed by atoms with van der Waals surface area (Å²) in [5.41, 5.74) is 7.75. The Kier molecular flexibility index (Phi) is 4.87. The maximum Gasteiger partial charge on any atom is 0.204 e. The van der Waals surface area contributed by atoms with Crippen molar-refractivity contribution < 1.29 is 0 Å². The average molecular weight is 565 g/mol. The highest BCUT2D eigenvalue weighted by Gasteiger charge is 2.21. The molecule has 0 unspecified atom stereocenters. The van der Waals surface area contributed by atoms with Gasteiger partial charge in [-0.15, -0.1) is 11.3 Å². The lowest BCUT2D eigenvalue weighted by molar-refractivity contribution is 1.13. The van der Waals surface area contributed by atoms with Gasteiger partial charge in [0.15, 0.2) is 0 Å². The van der Waals surface area contributed by atoms with E-state index in [9.17, 15) is 5.26 Å². The van der Waals surface area contributed by atoms with E-state index in [1.54, 1.807) is 11.3 Å². The summed E-state index contributed by atoms with van der Waals surface area (Å²) in [7, 11) is 0. The van der Waals surface area contributed by atoms with Crippen molar-refractivity contribution in [2.45, 2.75) is 0 Å². The lowest BCUT2D eigenvalue weighted by Gasteiger charge is -2.13. The second-order valence-corrected chi connectivity index (χ2v) is 11.8. The number of hydrogen-bond acceptors (Lipinski definition) is 2. The maximum atomic E-state index is 10.6. The summed E-state index contributed by atoms with van der Waals surface area (Å²) in [5.74, 6) is 0. The highest BCUT2D eigenvalue weighted by Crippen LogP contribution is 2.46. The first-order chi connectivity index (χ1) is 21.3. The highest BCUT2D eigenvalue weighted by atomic mass is 32.1. The van der Waals surface area contributed by atoms with Crippen LogP contribution in [0.2, 0.25) is 0 Å². The van der Waals surface area contributed by atoms with Crippen LogP contribution in [-0.4, -0.2) is 9.13 Å². The summed E-state index contributed by atoms with van der Waals surface area (Å²) in [6.45, 7) is 7.71. The quantitative estimate of drug-likeness (QED) is 0.192. The van der Waals surface area contributed by atoms with Gasteiger partial charge in [0, 0.05) is 43.0 Å². The molecule has 0 saturated carbocycles. The zero-order chi connectivity index (χ0) is 28.7. The largest absolute Gasteiger partial charge is 0.309 e. The molecule has 6 aromatic carbocycles. The minimum absolute atomic E-state index is 0.624. The minimum atomic E-state index is 0.624. The van der Waals surface area contributed by atoms with Crippen molar-refractivity contribution in [3.8, 4) is 17.4 Å². The molecule has 0 amide bonds. The predicted octanol–water partition coefficient (Wildman–Crippen LogP) is 10.7. The molecular weight excluding hydrogens is 545 g/mol. The van der Waals surface area contributed by atoms with Gasteiger partial charge in [-0.25, -0.2) is 4.85 Å². The van der Waals surface area contributed by atoms with Gasteiger partial charge in [0.1, 0.15) is 6.07 Å². The van der Waals surface area contributed by atoms with Crippen LogP contribution in [0.25, 0.3) is 80.0 Å². The molecule has 43 heavy (non-hydrogen) atoms. The summed E-state index contributed by atoms with van der Waals surface area (Å²) in [6, 6.07) is 44.7. The molecule has 3 aromatic heterocycles. The van der Waals surface area contributed by atoms with Crippen molar-refractivity contribution >= 4 is 80.8 Å². The second-order valence-electron chi connectivity index (χ2n) is 10.7. The number of aromatic nitrogens is 2. The van der Waals surface area contributed by atoms with E-state index in [4.69, 9.17) is 6.57 Å². The molecule has 0 saturated heterocycles. The lowest BCUT2D eigenvalue weighted by atomic mass is 10.0. The summed E-state index contributed by atoms with van der Waals surface area (Å²) in [4.78, 5) is 3.77. The van der Waals surface area contributed by atoms with E-state index in [0.29, 0.717) is 11.3 Å². The molecule has 0 N–H and O–H groups in total. The summed E-state index contributed by atoms with van der Waals surface area (Å²) < 4.78 is 6.48. The van der Waals surface area contributed by atoms with Crippen LogP contribution in [0.4, 0.5) is 5.69 Å². The first kappa shape index (κ1) is 23.8. The molecule has 3 heterocycles. The number of thiophene rings is 1. The summed E-state index contributed by atoms with van der Waals surface area (Å²) in [6.07, 6.45) is 0. The SMILES string of the molecule is [C-]#[N+]c1cccc2c1sc1c(C#N)c3c4ccccc4n(-c4cccc(-n5c6ccccc6c6ccccc65)c4)c3cc12. The smallest absolute Gasteiger partial charge is 0.204 e. The lowest BCUT2D eigenvalue weighted by Crippen LogP contribution is -1.98. The molecule has 0 aliphatic carbocycles. The van der Waals surface area contributed by atoms with E-state index in [2.05, 4.69) is 123 Å². The molecule has 0 spiro atoms. The molecular formula is C38H20N4S. The van der Waals surface area contributed by atoms with Crippen molar-refractivity contribution in [2.24, 2.45) is 0 Å². The molecule has 0 bridgehead atoms. The molecule has 0 aliphatic rings. The van der Waals surface area contributed by atoms with Gasteiger partial charge in [-0.2, -0.15) is 5.26 Å². The molecule has 0 atom stereocenters.